The second-order valence-corrected chi connectivity index (χ2v) is 5.38. The Kier molecular flexibility index (Phi) is 3.42. The van der Waals surface area contributed by atoms with Crippen molar-refractivity contribution in [3.63, 3.8) is 0 Å². The van der Waals surface area contributed by atoms with Crippen molar-refractivity contribution < 1.29 is 0 Å². The lowest BCUT2D eigenvalue weighted by Crippen LogP contribution is -2.21. The van der Waals surface area contributed by atoms with Gasteiger partial charge in [0.2, 0.25) is 0 Å². The molecule has 91 valence electrons. The molecular formula is C17H23. The van der Waals surface area contributed by atoms with Gasteiger partial charge in [0.25, 0.3) is 0 Å². The first-order valence-corrected chi connectivity index (χ1v) is 6.76. The van der Waals surface area contributed by atoms with Crippen LogP contribution in [0.2, 0.25) is 0 Å². The molecule has 0 fully saturated rings. The molecule has 0 atom stereocenters. The van der Waals surface area contributed by atoms with E-state index in [1.54, 1.807) is 11.1 Å². The van der Waals surface area contributed by atoms with Crippen LogP contribution in [0.5, 0.6) is 0 Å². The first-order valence-electron chi connectivity index (χ1n) is 6.76. The summed E-state index contributed by atoms with van der Waals surface area (Å²) in [4.78, 5) is 0. The summed E-state index contributed by atoms with van der Waals surface area (Å²) in [7, 11) is 0. The molecular weight excluding hydrogens is 204 g/mol. The summed E-state index contributed by atoms with van der Waals surface area (Å²) in [5, 5.41) is 0. The summed E-state index contributed by atoms with van der Waals surface area (Å²) in [5.74, 6) is 1.50. The van der Waals surface area contributed by atoms with Gasteiger partial charge in [-0.15, -0.1) is 0 Å². The Morgan fingerprint density at radius 1 is 1.06 bits per heavy atom. The zero-order chi connectivity index (χ0) is 12.5. The van der Waals surface area contributed by atoms with E-state index >= 15 is 0 Å². The van der Waals surface area contributed by atoms with Crippen molar-refractivity contribution in [3.8, 4) is 0 Å². The van der Waals surface area contributed by atoms with E-state index in [2.05, 4.69) is 58.1 Å². The van der Waals surface area contributed by atoms with Crippen molar-refractivity contribution >= 4 is 0 Å². The third kappa shape index (κ3) is 2.06. The van der Waals surface area contributed by atoms with Crippen LogP contribution in [0.4, 0.5) is 0 Å². The molecule has 0 saturated heterocycles. The molecule has 17 heavy (non-hydrogen) atoms. The maximum absolute atomic E-state index is 2.41. The van der Waals surface area contributed by atoms with Gasteiger partial charge in [-0.1, -0.05) is 58.1 Å². The Balaban J connectivity index is 2.29. The molecule has 0 aliphatic heterocycles. The van der Waals surface area contributed by atoms with E-state index in [0.29, 0.717) is 0 Å². The lowest BCUT2D eigenvalue weighted by atomic mass is 9.71. The average molecular weight is 227 g/mol. The van der Waals surface area contributed by atoms with Gasteiger partial charge >= 0.3 is 0 Å². The van der Waals surface area contributed by atoms with Crippen LogP contribution in [-0.2, 0) is 0 Å². The van der Waals surface area contributed by atoms with Crippen molar-refractivity contribution in [3.05, 3.63) is 53.0 Å². The standard InChI is InChI=1S/C17H23/c1-5-13-9-7-11-15(13)17(3,4)16-12-8-10-14(16)6-2/h7,9-12H,5-6,8H2,1-4H3. The van der Waals surface area contributed by atoms with Gasteiger partial charge in [-0.3, -0.25) is 0 Å². The highest BCUT2D eigenvalue weighted by Gasteiger charge is 2.34. The molecule has 0 heteroatoms. The van der Waals surface area contributed by atoms with Gasteiger partial charge in [0, 0.05) is 11.3 Å². The fraction of sp³-hybridized carbons (Fsp3) is 0.471. The molecule has 0 N–H and O–H groups in total. The third-order valence-corrected chi connectivity index (χ3v) is 4.05. The van der Waals surface area contributed by atoms with Crippen LogP contribution in [0.1, 0.15) is 47.0 Å². The van der Waals surface area contributed by atoms with Crippen LogP contribution in [0.25, 0.3) is 0 Å². The maximum atomic E-state index is 2.41. The number of hydrogen-bond donors (Lipinski definition) is 0. The summed E-state index contributed by atoms with van der Waals surface area (Å²) in [6.07, 6.45) is 14.9. The molecule has 2 aliphatic rings. The molecule has 0 unspecified atom stereocenters. The average Bonchev–Trinajstić information content (AvgIpc) is 2.97. The van der Waals surface area contributed by atoms with Crippen molar-refractivity contribution in [1.82, 2.24) is 0 Å². The highest BCUT2D eigenvalue weighted by molar-refractivity contribution is 5.54. The molecule has 1 radical (unpaired) electrons. The van der Waals surface area contributed by atoms with Gasteiger partial charge in [0.15, 0.2) is 0 Å². The second kappa shape index (κ2) is 4.68. The Labute approximate surface area is 106 Å². The molecule has 2 rings (SSSR count). The van der Waals surface area contributed by atoms with Crippen LogP contribution in [0.15, 0.2) is 47.1 Å². The first kappa shape index (κ1) is 12.4. The minimum atomic E-state index is 0.160. The minimum Gasteiger partial charge on any atom is -0.0772 e. The monoisotopic (exact) mass is 227 g/mol. The lowest BCUT2D eigenvalue weighted by Gasteiger charge is -2.33. The van der Waals surface area contributed by atoms with Gasteiger partial charge in [-0.2, -0.15) is 0 Å². The van der Waals surface area contributed by atoms with Gasteiger partial charge in [0.05, 0.1) is 0 Å². The predicted octanol–water partition coefficient (Wildman–Crippen LogP) is 5.16. The number of allylic oxidation sites excluding steroid dienone is 8. The molecule has 0 aromatic rings. The van der Waals surface area contributed by atoms with Crippen molar-refractivity contribution in [2.24, 2.45) is 5.41 Å². The van der Waals surface area contributed by atoms with E-state index in [0.717, 1.165) is 19.3 Å². The molecule has 0 aromatic carbocycles. The van der Waals surface area contributed by atoms with E-state index in [-0.39, 0.29) is 5.41 Å². The van der Waals surface area contributed by atoms with Crippen molar-refractivity contribution in [1.29, 1.82) is 0 Å². The molecule has 0 amide bonds. The number of hydrogen-bond acceptors (Lipinski definition) is 0. The Hall–Kier alpha value is -1.04. The first-order chi connectivity index (χ1) is 8.11. The summed E-state index contributed by atoms with van der Waals surface area (Å²) < 4.78 is 0. The van der Waals surface area contributed by atoms with Gasteiger partial charge in [-0.25, -0.2) is 0 Å². The van der Waals surface area contributed by atoms with E-state index in [9.17, 15) is 0 Å². The van der Waals surface area contributed by atoms with E-state index in [4.69, 9.17) is 0 Å². The van der Waals surface area contributed by atoms with Gasteiger partial charge in [0.1, 0.15) is 0 Å². The summed E-state index contributed by atoms with van der Waals surface area (Å²) in [6, 6.07) is 0. The predicted molar refractivity (Wildman–Crippen MR) is 75.6 cm³/mol. The topological polar surface area (TPSA) is 0 Å². The molecule has 0 saturated carbocycles. The third-order valence-electron chi connectivity index (χ3n) is 4.05. The van der Waals surface area contributed by atoms with Gasteiger partial charge in [-0.05, 0) is 36.0 Å². The van der Waals surface area contributed by atoms with E-state index in [1.807, 2.05) is 0 Å². The summed E-state index contributed by atoms with van der Waals surface area (Å²) in [5.41, 5.74) is 4.75. The van der Waals surface area contributed by atoms with Crippen molar-refractivity contribution in [2.75, 3.05) is 0 Å². The zero-order valence-electron chi connectivity index (χ0n) is 11.5. The van der Waals surface area contributed by atoms with E-state index in [1.165, 1.54) is 11.5 Å². The minimum absolute atomic E-state index is 0.160. The summed E-state index contributed by atoms with van der Waals surface area (Å²) in [6.45, 7) is 9.23. The molecule has 0 nitrogen and oxygen atoms in total. The largest absolute Gasteiger partial charge is 0.0772 e. The van der Waals surface area contributed by atoms with Crippen LogP contribution >= 0.6 is 0 Å². The van der Waals surface area contributed by atoms with Crippen LogP contribution in [0.3, 0.4) is 0 Å². The van der Waals surface area contributed by atoms with Crippen LogP contribution in [-0.4, -0.2) is 0 Å². The SMILES string of the molecule is CC[C]1C=CC=C1C(C)(C)C1=CCC=C1CC. The zero-order valence-corrected chi connectivity index (χ0v) is 11.5. The lowest BCUT2D eigenvalue weighted by molar-refractivity contribution is 0.536. The van der Waals surface area contributed by atoms with Crippen molar-refractivity contribution in [2.45, 2.75) is 47.0 Å². The Morgan fingerprint density at radius 3 is 2.47 bits per heavy atom. The summed E-state index contributed by atoms with van der Waals surface area (Å²) >= 11 is 0. The number of rotatable bonds is 4. The fourth-order valence-corrected chi connectivity index (χ4v) is 3.07. The molecule has 0 aromatic heterocycles. The molecule has 0 bridgehead atoms. The molecule has 0 heterocycles. The Morgan fingerprint density at radius 2 is 1.82 bits per heavy atom. The van der Waals surface area contributed by atoms with Gasteiger partial charge < -0.3 is 0 Å². The maximum Gasteiger partial charge on any atom is 0.0232 e. The normalized spacial score (nSPS) is 20.6. The second-order valence-electron chi connectivity index (χ2n) is 5.38. The van der Waals surface area contributed by atoms with Crippen LogP contribution < -0.4 is 0 Å². The smallest absolute Gasteiger partial charge is 0.0232 e. The highest BCUT2D eigenvalue weighted by Crippen LogP contribution is 2.48. The quantitative estimate of drug-likeness (QED) is 0.622. The molecule has 0 spiro atoms. The molecule has 2 aliphatic carbocycles. The Bertz CT molecular complexity index is 413. The highest BCUT2D eigenvalue weighted by atomic mass is 14.4. The van der Waals surface area contributed by atoms with E-state index < -0.39 is 0 Å². The fourth-order valence-electron chi connectivity index (χ4n) is 3.07. The van der Waals surface area contributed by atoms with Crippen LogP contribution in [0, 0.1) is 11.3 Å².